The molecule has 23 heavy (non-hydrogen) atoms. The molecule has 0 radical (unpaired) electrons. The zero-order valence-corrected chi connectivity index (χ0v) is 15.6. The molecule has 1 aliphatic rings. The van der Waals surface area contributed by atoms with Gasteiger partial charge in [-0.15, -0.1) is 0 Å². The van der Waals surface area contributed by atoms with E-state index in [4.69, 9.17) is 0 Å². The number of imide groups is 1. The van der Waals surface area contributed by atoms with Gasteiger partial charge in [0, 0.05) is 9.26 Å². The first-order valence-electron chi connectivity index (χ1n) is 7.53. The lowest BCUT2D eigenvalue weighted by molar-refractivity contribution is -0.134. The summed E-state index contributed by atoms with van der Waals surface area (Å²) in [6.45, 7) is 5.31. The van der Waals surface area contributed by atoms with Crippen LogP contribution in [-0.2, 0) is 9.59 Å². The van der Waals surface area contributed by atoms with Crippen LogP contribution in [0.2, 0.25) is 0 Å². The van der Waals surface area contributed by atoms with Crippen LogP contribution in [0.4, 0.5) is 10.5 Å². The SMILES string of the molecule is CCC1(CC)NC(=O)N(CC(=O)Nc2ccc(I)cc2C)C1=O. The Hall–Kier alpha value is -1.64. The molecule has 124 valence electrons. The summed E-state index contributed by atoms with van der Waals surface area (Å²) in [4.78, 5) is 37.7. The predicted octanol–water partition coefficient (Wildman–Crippen LogP) is 2.65. The van der Waals surface area contributed by atoms with E-state index in [1.165, 1.54) is 0 Å². The molecule has 4 amide bonds. The van der Waals surface area contributed by atoms with E-state index >= 15 is 0 Å². The van der Waals surface area contributed by atoms with Gasteiger partial charge in [0.25, 0.3) is 5.91 Å². The number of hydrogen-bond acceptors (Lipinski definition) is 3. The predicted molar refractivity (Wildman–Crippen MR) is 96.1 cm³/mol. The van der Waals surface area contributed by atoms with E-state index in [-0.39, 0.29) is 18.4 Å². The molecule has 2 N–H and O–H groups in total. The van der Waals surface area contributed by atoms with Crippen LogP contribution in [0.3, 0.4) is 0 Å². The first kappa shape index (κ1) is 17.7. The average molecular weight is 429 g/mol. The number of nitrogens with zero attached hydrogens (tertiary/aromatic N) is 1. The van der Waals surface area contributed by atoms with Gasteiger partial charge in [-0.1, -0.05) is 13.8 Å². The van der Waals surface area contributed by atoms with Gasteiger partial charge in [-0.25, -0.2) is 4.79 Å². The summed E-state index contributed by atoms with van der Waals surface area (Å²) >= 11 is 2.19. The fraction of sp³-hybridized carbons (Fsp3) is 0.438. The second-order valence-electron chi connectivity index (χ2n) is 5.62. The van der Waals surface area contributed by atoms with Gasteiger partial charge in [-0.2, -0.15) is 0 Å². The maximum Gasteiger partial charge on any atom is 0.325 e. The van der Waals surface area contributed by atoms with E-state index in [0.717, 1.165) is 14.0 Å². The van der Waals surface area contributed by atoms with Gasteiger partial charge in [0.2, 0.25) is 5.91 Å². The highest BCUT2D eigenvalue weighted by atomic mass is 127. The van der Waals surface area contributed by atoms with E-state index in [9.17, 15) is 14.4 Å². The smallest absolute Gasteiger partial charge is 0.324 e. The molecule has 1 aromatic rings. The number of carbonyl (C=O) groups is 3. The Balaban J connectivity index is 2.08. The first-order valence-corrected chi connectivity index (χ1v) is 8.61. The standard InChI is InChI=1S/C16H20IN3O3/c1-4-16(5-2)14(22)20(15(23)19-16)9-13(21)18-12-7-6-11(17)8-10(12)3/h6-8H,4-5,9H2,1-3H3,(H,18,21)(H,19,23). The molecule has 0 atom stereocenters. The number of benzene rings is 1. The molecule has 0 aliphatic carbocycles. The molecular formula is C16H20IN3O3. The molecule has 0 spiro atoms. The van der Waals surface area contributed by atoms with Gasteiger partial charge in [-0.3, -0.25) is 14.5 Å². The molecule has 0 bridgehead atoms. The topological polar surface area (TPSA) is 78.5 Å². The van der Waals surface area contributed by atoms with E-state index < -0.39 is 11.6 Å². The average Bonchev–Trinajstić information content (AvgIpc) is 2.75. The van der Waals surface area contributed by atoms with Gasteiger partial charge >= 0.3 is 6.03 Å². The molecule has 0 unspecified atom stereocenters. The van der Waals surface area contributed by atoms with Crippen LogP contribution >= 0.6 is 22.6 Å². The first-order chi connectivity index (χ1) is 10.8. The minimum atomic E-state index is -0.879. The molecule has 0 saturated carbocycles. The van der Waals surface area contributed by atoms with Crippen molar-refractivity contribution in [2.75, 3.05) is 11.9 Å². The summed E-state index contributed by atoms with van der Waals surface area (Å²) in [6, 6.07) is 5.13. The monoisotopic (exact) mass is 429 g/mol. The minimum Gasteiger partial charge on any atom is -0.324 e. The number of amides is 4. The maximum atomic E-state index is 12.5. The van der Waals surface area contributed by atoms with Crippen molar-refractivity contribution in [2.24, 2.45) is 0 Å². The third-order valence-corrected chi connectivity index (χ3v) is 4.89. The number of urea groups is 1. The lowest BCUT2D eigenvalue weighted by atomic mass is 9.93. The minimum absolute atomic E-state index is 0.280. The van der Waals surface area contributed by atoms with Gasteiger partial charge in [0.1, 0.15) is 12.1 Å². The molecule has 1 saturated heterocycles. The highest BCUT2D eigenvalue weighted by Gasteiger charge is 2.49. The van der Waals surface area contributed by atoms with Crippen molar-refractivity contribution in [3.63, 3.8) is 0 Å². The Labute approximate surface area is 149 Å². The molecule has 1 heterocycles. The second-order valence-corrected chi connectivity index (χ2v) is 6.86. The van der Waals surface area contributed by atoms with Crippen LogP contribution in [0, 0.1) is 10.5 Å². The Morgan fingerprint density at radius 2 is 1.96 bits per heavy atom. The number of carbonyl (C=O) groups excluding carboxylic acids is 3. The maximum absolute atomic E-state index is 12.5. The van der Waals surface area contributed by atoms with Crippen molar-refractivity contribution < 1.29 is 14.4 Å². The second kappa shape index (κ2) is 6.86. The molecular weight excluding hydrogens is 409 g/mol. The van der Waals surface area contributed by atoms with Crippen LogP contribution in [0.1, 0.15) is 32.3 Å². The Morgan fingerprint density at radius 1 is 1.30 bits per heavy atom. The van der Waals surface area contributed by atoms with Gasteiger partial charge in [0.15, 0.2) is 0 Å². The number of nitrogens with one attached hydrogen (secondary N) is 2. The fourth-order valence-corrected chi connectivity index (χ4v) is 3.30. The highest BCUT2D eigenvalue weighted by Crippen LogP contribution is 2.25. The van der Waals surface area contributed by atoms with Crippen LogP contribution < -0.4 is 10.6 Å². The van der Waals surface area contributed by atoms with Crippen molar-refractivity contribution in [2.45, 2.75) is 39.2 Å². The quantitative estimate of drug-likeness (QED) is 0.558. The molecule has 6 nitrogen and oxygen atoms in total. The third kappa shape index (κ3) is 3.49. The Bertz CT molecular complexity index is 656. The van der Waals surface area contributed by atoms with Crippen molar-refractivity contribution in [3.05, 3.63) is 27.3 Å². The van der Waals surface area contributed by atoms with Crippen LogP contribution in [-0.4, -0.2) is 34.8 Å². The lowest BCUT2D eigenvalue weighted by Crippen LogP contribution is -2.46. The van der Waals surface area contributed by atoms with Crippen LogP contribution in [0.5, 0.6) is 0 Å². The third-order valence-electron chi connectivity index (χ3n) is 4.22. The Morgan fingerprint density at radius 3 is 2.48 bits per heavy atom. The molecule has 0 aromatic heterocycles. The van der Waals surface area contributed by atoms with Crippen molar-refractivity contribution >= 4 is 46.1 Å². The number of rotatable bonds is 5. The van der Waals surface area contributed by atoms with Crippen molar-refractivity contribution in [3.8, 4) is 0 Å². The summed E-state index contributed by atoms with van der Waals surface area (Å²) in [6.07, 6.45) is 1.00. The number of hydrogen-bond donors (Lipinski definition) is 2. The number of anilines is 1. The van der Waals surface area contributed by atoms with Crippen molar-refractivity contribution in [1.29, 1.82) is 0 Å². The zero-order chi connectivity index (χ0) is 17.2. The fourth-order valence-electron chi connectivity index (χ4n) is 2.65. The van der Waals surface area contributed by atoms with E-state index in [0.29, 0.717) is 18.5 Å². The summed E-state index contributed by atoms with van der Waals surface area (Å²) < 4.78 is 1.07. The zero-order valence-electron chi connectivity index (χ0n) is 13.4. The molecule has 1 fully saturated rings. The Kier molecular flexibility index (Phi) is 5.28. The van der Waals surface area contributed by atoms with Gasteiger partial charge in [-0.05, 0) is 66.1 Å². The normalized spacial score (nSPS) is 16.4. The summed E-state index contributed by atoms with van der Waals surface area (Å²) in [5.41, 5.74) is 0.731. The lowest BCUT2D eigenvalue weighted by Gasteiger charge is -2.23. The molecule has 7 heteroatoms. The highest BCUT2D eigenvalue weighted by molar-refractivity contribution is 14.1. The van der Waals surface area contributed by atoms with Crippen LogP contribution in [0.15, 0.2) is 18.2 Å². The molecule has 1 aliphatic heterocycles. The summed E-state index contributed by atoms with van der Waals surface area (Å²) in [7, 11) is 0. The number of aryl methyl sites for hydroxylation is 1. The largest absolute Gasteiger partial charge is 0.325 e. The van der Waals surface area contributed by atoms with E-state index in [1.807, 2.05) is 39.0 Å². The van der Waals surface area contributed by atoms with Crippen LogP contribution in [0.25, 0.3) is 0 Å². The van der Waals surface area contributed by atoms with Crippen molar-refractivity contribution in [1.82, 2.24) is 10.2 Å². The van der Waals surface area contributed by atoms with E-state index in [1.54, 1.807) is 0 Å². The van der Waals surface area contributed by atoms with Gasteiger partial charge in [0.05, 0.1) is 0 Å². The summed E-state index contributed by atoms with van der Waals surface area (Å²) in [5, 5.41) is 5.46. The molecule has 2 rings (SSSR count). The number of halogens is 1. The van der Waals surface area contributed by atoms with E-state index in [2.05, 4.69) is 33.2 Å². The summed E-state index contributed by atoms with van der Waals surface area (Å²) in [5.74, 6) is -0.720. The van der Waals surface area contributed by atoms with Gasteiger partial charge < -0.3 is 10.6 Å². The molecule has 1 aromatic carbocycles.